The van der Waals surface area contributed by atoms with Crippen LogP contribution in [0.2, 0.25) is 0 Å². The Morgan fingerprint density at radius 2 is 2.18 bits per heavy atom. The van der Waals surface area contributed by atoms with Gasteiger partial charge in [-0.15, -0.1) is 11.3 Å². The monoisotopic (exact) mass is 328 g/mol. The maximum Gasteiger partial charge on any atom is 0.262 e. The number of carbonyl (C=O) groups is 1. The highest BCUT2D eigenvalue weighted by molar-refractivity contribution is 7.22. The van der Waals surface area contributed by atoms with Crippen LogP contribution in [0.1, 0.15) is 9.67 Å². The number of hydrogen-bond donors (Lipinski definition) is 0. The van der Waals surface area contributed by atoms with Crippen LogP contribution < -0.4 is 0 Å². The second kappa shape index (κ2) is 4.86. The summed E-state index contributed by atoms with van der Waals surface area (Å²) in [6.45, 7) is 0. The standard InChI is InChI=1S/C15H9ClN4OS/c1-20-7-9-4-8(6-17-15(9)19-20)10-2-3-12-11(18-10)5-13(22-12)14(16)21/h2-7H,1H3. The SMILES string of the molecule is Cn1cc2cc(-c3ccc4sc(C(=O)Cl)cc4n3)cnc2n1. The molecule has 0 N–H and O–H groups in total. The molecule has 0 aliphatic heterocycles. The molecule has 0 saturated carbocycles. The molecular formula is C15H9ClN4OS. The van der Waals surface area contributed by atoms with Gasteiger partial charge in [-0.3, -0.25) is 9.48 Å². The zero-order valence-corrected chi connectivity index (χ0v) is 13.0. The van der Waals surface area contributed by atoms with E-state index in [0.29, 0.717) is 10.5 Å². The Hall–Kier alpha value is -2.31. The first kappa shape index (κ1) is 13.4. The first-order valence-corrected chi connectivity index (χ1v) is 7.70. The predicted molar refractivity (Wildman–Crippen MR) is 87.3 cm³/mol. The van der Waals surface area contributed by atoms with Crippen LogP contribution in [0.25, 0.3) is 32.5 Å². The summed E-state index contributed by atoms with van der Waals surface area (Å²) in [6.07, 6.45) is 3.67. The number of aryl methyl sites for hydroxylation is 1. The number of nitrogens with zero attached hydrogens (tertiary/aromatic N) is 4. The topological polar surface area (TPSA) is 60.7 Å². The molecule has 0 fully saturated rings. The third kappa shape index (κ3) is 2.17. The normalized spacial score (nSPS) is 11.4. The molecule has 0 atom stereocenters. The van der Waals surface area contributed by atoms with E-state index in [4.69, 9.17) is 11.6 Å². The van der Waals surface area contributed by atoms with Gasteiger partial charge in [0.05, 0.1) is 20.8 Å². The fourth-order valence-corrected chi connectivity index (χ4v) is 3.36. The van der Waals surface area contributed by atoms with Gasteiger partial charge in [0.2, 0.25) is 0 Å². The van der Waals surface area contributed by atoms with E-state index in [0.717, 1.165) is 26.9 Å². The van der Waals surface area contributed by atoms with Gasteiger partial charge in [-0.2, -0.15) is 5.10 Å². The van der Waals surface area contributed by atoms with Crippen molar-refractivity contribution in [3.05, 3.63) is 41.5 Å². The third-order valence-electron chi connectivity index (χ3n) is 3.34. The number of fused-ring (bicyclic) bond motifs is 2. The molecule has 22 heavy (non-hydrogen) atoms. The molecule has 4 heterocycles. The first-order chi connectivity index (χ1) is 10.6. The summed E-state index contributed by atoms with van der Waals surface area (Å²) >= 11 is 6.87. The van der Waals surface area contributed by atoms with Crippen molar-refractivity contribution in [2.75, 3.05) is 0 Å². The van der Waals surface area contributed by atoms with Gasteiger partial charge in [-0.25, -0.2) is 9.97 Å². The van der Waals surface area contributed by atoms with Crippen LogP contribution in [0, 0.1) is 0 Å². The Balaban J connectivity index is 1.85. The quantitative estimate of drug-likeness (QED) is 0.527. The van der Waals surface area contributed by atoms with Crippen LogP contribution in [0.3, 0.4) is 0 Å². The summed E-state index contributed by atoms with van der Waals surface area (Å²) in [5.74, 6) is 0. The number of halogens is 1. The second-order valence-corrected chi connectivity index (χ2v) is 6.33. The molecule has 4 aromatic rings. The van der Waals surface area contributed by atoms with Crippen LogP contribution in [-0.2, 0) is 7.05 Å². The third-order valence-corrected chi connectivity index (χ3v) is 4.74. The molecule has 0 aliphatic rings. The minimum absolute atomic E-state index is 0.456. The van der Waals surface area contributed by atoms with E-state index in [9.17, 15) is 4.79 Å². The minimum Gasteiger partial charge on any atom is -0.275 e. The van der Waals surface area contributed by atoms with Crippen LogP contribution >= 0.6 is 22.9 Å². The van der Waals surface area contributed by atoms with Crippen molar-refractivity contribution >= 4 is 49.4 Å². The predicted octanol–water partition coefficient (Wildman–Crippen LogP) is 3.62. The number of thiophene rings is 1. The van der Waals surface area contributed by atoms with E-state index in [2.05, 4.69) is 15.1 Å². The van der Waals surface area contributed by atoms with Gasteiger partial charge in [-0.1, -0.05) is 0 Å². The highest BCUT2D eigenvalue weighted by Gasteiger charge is 2.10. The number of hydrogen-bond acceptors (Lipinski definition) is 5. The highest BCUT2D eigenvalue weighted by atomic mass is 35.5. The zero-order valence-electron chi connectivity index (χ0n) is 11.4. The van der Waals surface area contributed by atoms with E-state index in [-0.39, 0.29) is 0 Å². The number of pyridine rings is 2. The summed E-state index contributed by atoms with van der Waals surface area (Å²) in [6, 6.07) is 7.58. The lowest BCUT2D eigenvalue weighted by atomic mass is 10.1. The average Bonchev–Trinajstić information content (AvgIpc) is 3.07. The average molecular weight is 329 g/mol. The molecule has 0 bridgehead atoms. The van der Waals surface area contributed by atoms with Crippen molar-refractivity contribution in [2.45, 2.75) is 0 Å². The molecule has 0 aromatic carbocycles. The van der Waals surface area contributed by atoms with Crippen molar-refractivity contribution in [3.8, 4) is 11.3 Å². The van der Waals surface area contributed by atoms with Crippen molar-refractivity contribution in [1.29, 1.82) is 0 Å². The largest absolute Gasteiger partial charge is 0.275 e. The van der Waals surface area contributed by atoms with Gasteiger partial charge in [-0.05, 0) is 35.9 Å². The molecule has 5 nitrogen and oxygen atoms in total. The minimum atomic E-state index is -0.456. The van der Waals surface area contributed by atoms with Gasteiger partial charge >= 0.3 is 0 Å². The number of rotatable bonds is 2. The van der Waals surface area contributed by atoms with Gasteiger partial charge in [0, 0.05) is 30.4 Å². The molecule has 0 radical (unpaired) electrons. The Labute approximate surface area is 134 Å². The van der Waals surface area contributed by atoms with E-state index < -0.39 is 5.24 Å². The summed E-state index contributed by atoms with van der Waals surface area (Å²) in [7, 11) is 1.86. The zero-order chi connectivity index (χ0) is 15.3. The Bertz CT molecular complexity index is 1040. The van der Waals surface area contributed by atoms with Crippen molar-refractivity contribution in [1.82, 2.24) is 19.7 Å². The molecule has 0 spiro atoms. The van der Waals surface area contributed by atoms with Gasteiger partial charge in [0.25, 0.3) is 5.24 Å². The molecule has 4 rings (SSSR count). The fraction of sp³-hybridized carbons (Fsp3) is 0.0667. The lowest BCUT2D eigenvalue weighted by molar-refractivity contribution is 0.108. The molecular weight excluding hydrogens is 320 g/mol. The molecule has 7 heteroatoms. The summed E-state index contributed by atoms with van der Waals surface area (Å²) in [4.78, 5) is 20.7. The summed E-state index contributed by atoms with van der Waals surface area (Å²) < 4.78 is 2.66. The van der Waals surface area contributed by atoms with Crippen molar-refractivity contribution < 1.29 is 4.79 Å². The summed E-state index contributed by atoms with van der Waals surface area (Å²) in [5.41, 5.74) is 3.18. The van der Waals surface area contributed by atoms with E-state index in [1.165, 1.54) is 11.3 Å². The van der Waals surface area contributed by atoms with Crippen LogP contribution in [0.15, 0.2) is 36.7 Å². The van der Waals surface area contributed by atoms with Gasteiger partial charge in [0.1, 0.15) is 0 Å². The Morgan fingerprint density at radius 1 is 1.32 bits per heavy atom. The maximum absolute atomic E-state index is 11.2. The van der Waals surface area contributed by atoms with Crippen LogP contribution in [0.5, 0.6) is 0 Å². The number of aromatic nitrogens is 4. The molecule has 4 aromatic heterocycles. The van der Waals surface area contributed by atoms with E-state index >= 15 is 0 Å². The van der Waals surface area contributed by atoms with E-state index in [1.807, 2.05) is 31.4 Å². The van der Waals surface area contributed by atoms with Gasteiger partial charge < -0.3 is 0 Å². The van der Waals surface area contributed by atoms with Crippen LogP contribution in [0.4, 0.5) is 0 Å². The number of carbonyl (C=O) groups excluding carboxylic acids is 1. The lowest BCUT2D eigenvalue weighted by Gasteiger charge is -2.00. The maximum atomic E-state index is 11.2. The molecule has 108 valence electrons. The molecule has 0 amide bonds. The van der Waals surface area contributed by atoms with Crippen molar-refractivity contribution in [2.24, 2.45) is 7.05 Å². The van der Waals surface area contributed by atoms with Gasteiger partial charge in [0.15, 0.2) is 5.65 Å². The highest BCUT2D eigenvalue weighted by Crippen LogP contribution is 2.29. The molecule has 0 saturated heterocycles. The summed E-state index contributed by atoms with van der Waals surface area (Å²) in [5, 5.41) is 4.76. The Kier molecular flexibility index (Phi) is 2.95. The Morgan fingerprint density at radius 3 is 3.00 bits per heavy atom. The molecule has 0 unspecified atom stereocenters. The first-order valence-electron chi connectivity index (χ1n) is 6.50. The molecule has 0 aliphatic carbocycles. The van der Waals surface area contributed by atoms with E-state index in [1.54, 1.807) is 16.9 Å². The van der Waals surface area contributed by atoms with Crippen LogP contribution in [-0.4, -0.2) is 25.0 Å². The second-order valence-electron chi connectivity index (χ2n) is 4.90. The lowest BCUT2D eigenvalue weighted by Crippen LogP contribution is -1.87. The fourth-order valence-electron chi connectivity index (χ4n) is 2.35. The smallest absolute Gasteiger partial charge is 0.262 e. The van der Waals surface area contributed by atoms with Crippen molar-refractivity contribution in [3.63, 3.8) is 0 Å².